The summed E-state index contributed by atoms with van der Waals surface area (Å²) in [6.45, 7) is 1.61. The van der Waals surface area contributed by atoms with Gasteiger partial charge in [-0.15, -0.1) is 0 Å². The molecule has 1 aromatic carbocycles. The Morgan fingerprint density at radius 2 is 2.06 bits per heavy atom. The average molecular weight is 339 g/mol. The second kappa shape index (κ2) is 5.77. The lowest BCUT2D eigenvalue weighted by molar-refractivity contribution is -0.113. The van der Waals surface area contributed by atoms with E-state index in [2.05, 4.69) is 21.2 Å². The normalized spacial score (nSPS) is 11.3. The molecular formula is C10H12BrFN2O3S. The fourth-order valence-corrected chi connectivity index (χ4v) is 2.12. The molecule has 5 nitrogen and oxygen atoms in total. The number of amides is 1. The topological polar surface area (TPSA) is 75.3 Å². The van der Waals surface area contributed by atoms with Gasteiger partial charge >= 0.3 is 0 Å². The third-order valence-corrected chi connectivity index (χ3v) is 4.05. The van der Waals surface area contributed by atoms with E-state index in [-0.39, 0.29) is 4.47 Å². The number of halogens is 2. The van der Waals surface area contributed by atoms with Crippen LogP contribution in [0.3, 0.4) is 0 Å². The van der Waals surface area contributed by atoms with Crippen LogP contribution < -0.4 is 10.0 Å². The summed E-state index contributed by atoms with van der Waals surface area (Å²) in [5.74, 6) is -1.82. The second-order valence-electron chi connectivity index (χ2n) is 3.59. The Labute approximate surface area is 113 Å². The van der Waals surface area contributed by atoms with Gasteiger partial charge in [-0.3, -0.25) is 4.79 Å². The first-order valence-corrected chi connectivity index (χ1v) is 7.36. The monoisotopic (exact) mass is 338 g/mol. The van der Waals surface area contributed by atoms with E-state index >= 15 is 0 Å². The van der Waals surface area contributed by atoms with Crippen LogP contribution in [0.5, 0.6) is 0 Å². The largest absolute Gasteiger partial charge is 0.325 e. The summed E-state index contributed by atoms with van der Waals surface area (Å²) in [6.07, 6.45) is 0. The number of benzene rings is 1. The van der Waals surface area contributed by atoms with E-state index in [1.807, 2.05) is 4.72 Å². The summed E-state index contributed by atoms with van der Waals surface area (Å²) in [5, 5.41) is 2.41. The van der Waals surface area contributed by atoms with Crippen molar-refractivity contribution in [1.29, 1.82) is 0 Å². The lowest BCUT2D eigenvalue weighted by Gasteiger charge is -2.09. The number of anilines is 1. The predicted octanol–water partition coefficient (Wildman–Crippen LogP) is 1.38. The van der Waals surface area contributed by atoms with Crippen LogP contribution in [0, 0.1) is 12.7 Å². The molecule has 0 bridgehead atoms. The third-order valence-electron chi connectivity index (χ3n) is 2.17. The lowest BCUT2D eigenvalue weighted by Crippen LogP contribution is -2.30. The van der Waals surface area contributed by atoms with Crippen molar-refractivity contribution in [3.63, 3.8) is 0 Å². The van der Waals surface area contributed by atoms with Crippen LogP contribution in [0.4, 0.5) is 10.1 Å². The zero-order chi connectivity index (χ0) is 13.9. The van der Waals surface area contributed by atoms with Crippen molar-refractivity contribution < 1.29 is 17.6 Å². The summed E-state index contributed by atoms with van der Waals surface area (Å²) in [7, 11) is -2.39. The highest BCUT2D eigenvalue weighted by Gasteiger charge is 2.15. The Hall–Kier alpha value is -0.990. The molecule has 0 aliphatic rings. The quantitative estimate of drug-likeness (QED) is 0.870. The molecule has 0 aromatic heterocycles. The number of aryl methyl sites for hydroxylation is 1. The first-order valence-electron chi connectivity index (χ1n) is 4.92. The van der Waals surface area contributed by atoms with Gasteiger partial charge in [0.2, 0.25) is 15.9 Å². The van der Waals surface area contributed by atoms with Gasteiger partial charge in [0.05, 0.1) is 4.47 Å². The SMILES string of the molecule is CNS(=O)(=O)CC(=O)Nc1cc(Br)c(F)cc1C. The third kappa shape index (κ3) is 4.04. The van der Waals surface area contributed by atoms with Crippen molar-refractivity contribution in [3.05, 3.63) is 28.0 Å². The van der Waals surface area contributed by atoms with E-state index in [4.69, 9.17) is 0 Å². The minimum Gasteiger partial charge on any atom is -0.325 e. The molecule has 1 rings (SSSR count). The van der Waals surface area contributed by atoms with Gasteiger partial charge in [-0.05, 0) is 47.6 Å². The van der Waals surface area contributed by atoms with E-state index in [0.717, 1.165) is 0 Å². The van der Waals surface area contributed by atoms with Gasteiger partial charge in [-0.25, -0.2) is 17.5 Å². The molecule has 2 N–H and O–H groups in total. The molecule has 100 valence electrons. The van der Waals surface area contributed by atoms with Crippen molar-refractivity contribution in [1.82, 2.24) is 4.72 Å². The molecule has 18 heavy (non-hydrogen) atoms. The van der Waals surface area contributed by atoms with E-state index < -0.39 is 27.5 Å². The zero-order valence-corrected chi connectivity index (χ0v) is 12.2. The minimum absolute atomic E-state index is 0.194. The average Bonchev–Trinajstić information content (AvgIpc) is 2.25. The van der Waals surface area contributed by atoms with E-state index in [0.29, 0.717) is 11.3 Å². The smallest absolute Gasteiger partial charge is 0.241 e. The maximum atomic E-state index is 13.2. The Morgan fingerprint density at radius 3 is 2.61 bits per heavy atom. The number of hydrogen-bond acceptors (Lipinski definition) is 3. The van der Waals surface area contributed by atoms with Crippen molar-refractivity contribution in [2.24, 2.45) is 0 Å². The van der Waals surface area contributed by atoms with Gasteiger partial charge in [-0.2, -0.15) is 0 Å². The highest BCUT2D eigenvalue weighted by atomic mass is 79.9. The van der Waals surface area contributed by atoms with Gasteiger partial charge in [0, 0.05) is 5.69 Å². The first-order chi connectivity index (χ1) is 8.25. The number of sulfonamides is 1. The standard InChI is InChI=1S/C10H12BrFN2O3S/c1-6-3-8(12)7(11)4-9(6)14-10(15)5-18(16,17)13-2/h3-4,13H,5H2,1-2H3,(H,14,15). The molecule has 0 saturated carbocycles. The Bertz CT molecular complexity index is 575. The molecule has 0 aliphatic heterocycles. The fraction of sp³-hybridized carbons (Fsp3) is 0.300. The van der Waals surface area contributed by atoms with Crippen LogP contribution in [-0.4, -0.2) is 27.1 Å². The van der Waals surface area contributed by atoms with Crippen LogP contribution in [0.1, 0.15) is 5.56 Å². The molecule has 0 spiro atoms. The molecule has 0 heterocycles. The Kier molecular flexibility index (Phi) is 4.83. The molecule has 0 radical (unpaired) electrons. The molecular weight excluding hydrogens is 327 g/mol. The van der Waals surface area contributed by atoms with Crippen LogP contribution in [0.15, 0.2) is 16.6 Å². The maximum absolute atomic E-state index is 13.2. The number of hydrogen-bond donors (Lipinski definition) is 2. The molecule has 1 amide bonds. The second-order valence-corrected chi connectivity index (χ2v) is 6.37. The van der Waals surface area contributed by atoms with E-state index in [1.165, 1.54) is 19.2 Å². The van der Waals surface area contributed by atoms with Gasteiger partial charge in [0.1, 0.15) is 11.6 Å². The van der Waals surface area contributed by atoms with Crippen molar-refractivity contribution in [2.45, 2.75) is 6.92 Å². The number of rotatable bonds is 4. The summed E-state index contributed by atoms with van der Waals surface area (Å²) >= 11 is 2.99. The number of carbonyl (C=O) groups is 1. The molecule has 0 saturated heterocycles. The van der Waals surface area contributed by atoms with Gasteiger partial charge in [-0.1, -0.05) is 0 Å². The molecule has 0 aliphatic carbocycles. The lowest BCUT2D eigenvalue weighted by atomic mass is 10.2. The highest BCUT2D eigenvalue weighted by molar-refractivity contribution is 9.10. The van der Waals surface area contributed by atoms with E-state index in [9.17, 15) is 17.6 Å². The highest BCUT2D eigenvalue weighted by Crippen LogP contribution is 2.24. The summed E-state index contributed by atoms with van der Waals surface area (Å²) in [6, 6.07) is 2.63. The molecule has 8 heteroatoms. The van der Waals surface area contributed by atoms with Gasteiger partial charge in [0.25, 0.3) is 0 Å². The first kappa shape index (κ1) is 15.1. The molecule has 0 unspecified atom stereocenters. The van der Waals surface area contributed by atoms with Crippen molar-refractivity contribution in [3.8, 4) is 0 Å². The Balaban J connectivity index is 2.86. The summed E-state index contributed by atoms with van der Waals surface area (Å²) < 4.78 is 37.7. The fourth-order valence-electron chi connectivity index (χ4n) is 1.21. The van der Waals surface area contributed by atoms with Crippen LogP contribution in [0.25, 0.3) is 0 Å². The molecule has 0 atom stereocenters. The zero-order valence-electron chi connectivity index (χ0n) is 9.75. The van der Waals surface area contributed by atoms with Crippen molar-refractivity contribution >= 4 is 37.5 Å². The Morgan fingerprint density at radius 1 is 1.44 bits per heavy atom. The minimum atomic E-state index is -3.62. The maximum Gasteiger partial charge on any atom is 0.241 e. The number of nitrogens with one attached hydrogen (secondary N) is 2. The molecule has 0 fully saturated rings. The predicted molar refractivity (Wildman–Crippen MR) is 70.3 cm³/mol. The van der Waals surface area contributed by atoms with Gasteiger partial charge in [0.15, 0.2) is 0 Å². The van der Waals surface area contributed by atoms with E-state index in [1.54, 1.807) is 6.92 Å². The van der Waals surface area contributed by atoms with Crippen LogP contribution in [0.2, 0.25) is 0 Å². The van der Waals surface area contributed by atoms with Crippen molar-refractivity contribution in [2.75, 3.05) is 18.1 Å². The van der Waals surface area contributed by atoms with Gasteiger partial charge < -0.3 is 5.32 Å². The summed E-state index contributed by atoms with van der Waals surface area (Å²) in [5.41, 5.74) is 0.866. The molecule has 1 aromatic rings. The van der Waals surface area contributed by atoms with Crippen LogP contribution in [-0.2, 0) is 14.8 Å². The number of carbonyl (C=O) groups excluding carboxylic acids is 1. The summed E-state index contributed by atoms with van der Waals surface area (Å²) in [4.78, 5) is 11.5. The van der Waals surface area contributed by atoms with Crippen LogP contribution >= 0.6 is 15.9 Å².